The third-order valence-corrected chi connectivity index (χ3v) is 1.93. The Kier molecular flexibility index (Phi) is 5.38. The zero-order valence-corrected chi connectivity index (χ0v) is 8.67. The van der Waals surface area contributed by atoms with Gasteiger partial charge in [0.05, 0.1) is 0 Å². The number of hydrogen-bond acceptors (Lipinski definition) is 5. The van der Waals surface area contributed by atoms with E-state index < -0.39 is 21.9 Å². The maximum Gasteiger partial charge on any atom is 0.471 e. The van der Waals surface area contributed by atoms with Crippen molar-refractivity contribution >= 4 is 15.6 Å². The summed E-state index contributed by atoms with van der Waals surface area (Å²) >= 11 is 0. The maximum atomic E-state index is 10.3. The van der Waals surface area contributed by atoms with Crippen molar-refractivity contribution in [1.82, 2.24) is 0 Å². The zero-order valence-electron chi connectivity index (χ0n) is 6.89. The van der Waals surface area contributed by atoms with Crippen LogP contribution < -0.4 is 5.73 Å². The van der Waals surface area contributed by atoms with Gasteiger partial charge in [-0.2, -0.15) is 0 Å². The first-order chi connectivity index (χ1) is 6.14. The minimum Gasteiger partial charge on any atom is -0.330 e. The average molecular weight is 251 g/mol. The Morgan fingerprint density at radius 3 is 1.64 bits per heavy atom. The molecule has 0 aliphatic rings. The first-order valence-electron chi connectivity index (χ1n) is 3.32. The van der Waals surface area contributed by atoms with E-state index in [2.05, 4.69) is 9.05 Å². The minimum atomic E-state index is -4.86. The SMILES string of the molecule is NCCC(OP(=O)(O)O)OP(=O)(O)O. The highest BCUT2D eigenvalue weighted by Crippen LogP contribution is 2.44. The number of rotatable bonds is 6. The quantitative estimate of drug-likeness (QED) is 0.291. The predicted molar refractivity (Wildman–Crippen MR) is 43.7 cm³/mol. The van der Waals surface area contributed by atoms with Gasteiger partial charge in [0.15, 0.2) is 6.29 Å². The third kappa shape index (κ3) is 8.76. The lowest BCUT2D eigenvalue weighted by Crippen LogP contribution is -2.19. The van der Waals surface area contributed by atoms with E-state index in [9.17, 15) is 9.13 Å². The molecule has 0 unspecified atom stereocenters. The second-order valence-corrected chi connectivity index (χ2v) is 4.58. The molecule has 0 aliphatic heterocycles. The lowest BCUT2D eigenvalue weighted by molar-refractivity contribution is -0.0360. The molecule has 0 saturated carbocycles. The Morgan fingerprint density at radius 1 is 1.07 bits per heavy atom. The van der Waals surface area contributed by atoms with Crippen molar-refractivity contribution in [1.29, 1.82) is 0 Å². The molecule has 0 heterocycles. The zero-order chi connectivity index (χ0) is 11.4. The van der Waals surface area contributed by atoms with Crippen LogP contribution >= 0.6 is 15.6 Å². The first-order valence-corrected chi connectivity index (χ1v) is 6.38. The number of phosphoric ester groups is 2. The fraction of sp³-hybridized carbons (Fsp3) is 1.00. The first kappa shape index (κ1) is 14.2. The summed E-state index contributed by atoms with van der Waals surface area (Å²) in [5, 5.41) is 0. The highest BCUT2D eigenvalue weighted by molar-refractivity contribution is 7.47. The van der Waals surface area contributed by atoms with Crippen LogP contribution in [0.15, 0.2) is 0 Å². The second kappa shape index (κ2) is 5.32. The van der Waals surface area contributed by atoms with Gasteiger partial charge in [-0.25, -0.2) is 9.13 Å². The highest BCUT2D eigenvalue weighted by Gasteiger charge is 2.28. The lowest BCUT2D eigenvalue weighted by atomic mass is 10.4. The molecule has 0 saturated heterocycles. The molecule has 11 heteroatoms. The van der Waals surface area contributed by atoms with Crippen molar-refractivity contribution in [3.8, 4) is 0 Å². The Balaban J connectivity index is 4.31. The summed E-state index contributed by atoms with van der Waals surface area (Å²) in [5.41, 5.74) is 5.00. The highest BCUT2D eigenvalue weighted by atomic mass is 31.2. The Morgan fingerprint density at radius 2 is 1.43 bits per heavy atom. The smallest absolute Gasteiger partial charge is 0.330 e. The van der Waals surface area contributed by atoms with Crippen molar-refractivity contribution in [3.63, 3.8) is 0 Å². The van der Waals surface area contributed by atoms with Crippen LogP contribution in [-0.2, 0) is 18.2 Å². The van der Waals surface area contributed by atoms with Gasteiger partial charge in [0.25, 0.3) is 0 Å². The summed E-state index contributed by atoms with van der Waals surface area (Å²) in [7, 11) is -9.72. The molecule has 0 bridgehead atoms. The van der Waals surface area contributed by atoms with Crippen LogP contribution in [0.4, 0.5) is 0 Å². The molecule has 0 spiro atoms. The molecule has 0 radical (unpaired) electrons. The predicted octanol–water partition coefficient (Wildman–Crippen LogP) is -1.12. The van der Waals surface area contributed by atoms with E-state index in [0.29, 0.717) is 0 Å². The van der Waals surface area contributed by atoms with E-state index in [4.69, 9.17) is 25.3 Å². The van der Waals surface area contributed by atoms with Crippen LogP contribution in [0.1, 0.15) is 6.42 Å². The van der Waals surface area contributed by atoms with Gasteiger partial charge in [0, 0.05) is 6.42 Å². The van der Waals surface area contributed by atoms with Crippen LogP contribution in [-0.4, -0.2) is 32.4 Å². The minimum absolute atomic E-state index is 0.106. The number of phosphoric acid groups is 2. The van der Waals surface area contributed by atoms with Crippen LogP contribution in [0.25, 0.3) is 0 Å². The normalized spacial score (nSPS) is 13.6. The van der Waals surface area contributed by atoms with E-state index in [0.717, 1.165) is 0 Å². The van der Waals surface area contributed by atoms with Crippen LogP contribution in [0, 0.1) is 0 Å². The molecule has 0 fully saturated rings. The largest absolute Gasteiger partial charge is 0.471 e. The molecule has 0 aliphatic carbocycles. The Labute approximate surface area is 79.3 Å². The second-order valence-electron chi connectivity index (χ2n) is 2.20. The van der Waals surface area contributed by atoms with Gasteiger partial charge >= 0.3 is 15.6 Å². The molecule has 0 amide bonds. The maximum absolute atomic E-state index is 10.3. The molecule has 0 rings (SSSR count). The molecular formula is C3H11NO8P2. The molecular weight excluding hydrogens is 240 g/mol. The standard InChI is InChI=1S/C3H11NO8P2/c4-2-1-3(11-13(5,6)7)12-14(8,9)10/h3H,1-2,4H2,(H2,5,6,7)(H2,8,9,10). The summed E-state index contributed by atoms with van der Waals surface area (Å²) in [6, 6.07) is 0. The van der Waals surface area contributed by atoms with E-state index in [1.807, 2.05) is 0 Å². The summed E-state index contributed by atoms with van der Waals surface area (Å²) in [6.45, 7) is -0.106. The summed E-state index contributed by atoms with van der Waals surface area (Å²) in [5.74, 6) is 0. The van der Waals surface area contributed by atoms with Gasteiger partial charge in [-0.3, -0.25) is 9.05 Å². The molecule has 6 N–H and O–H groups in total. The molecule has 9 nitrogen and oxygen atoms in total. The molecule has 86 valence electrons. The van der Waals surface area contributed by atoms with E-state index in [1.54, 1.807) is 0 Å². The van der Waals surface area contributed by atoms with E-state index >= 15 is 0 Å². The topological polar surface area (TPSA) is 160 Å². The monoisotopic (exact) mass is 251 g/mol. The van der Waals surface area contributed by atoms with Crippen molar-refractivity contribution in [2.75, 3.05) is 6.54 Å². The van der Waals surface area contributed by atoms with Crippen molar-refractivity contribution in [3.05, 3.63) is 0 Å². The third-order valence-electron chi connectivity index (χ3n) is 0.912. The van der Waals surface area contributed by atoms with Gasteiger partial charge < -0.3 is 25.3 Å². The van der Waals surface area contributed by atoms with Gasteiger partial charge in [-0.15, -0.1) is 0 Å². The number of hydrogen-bond donors (Lipinski definition) is 5. The summed E-state index contributed by atoms with van der Waals surface area (Å²) in [6.07, 6.45) is -1.99. The summed E-state index contributed by atoms with van der Waals surface area (Å²) in [4.78, 5) is 33.3. The Hall–Kier alpha value is 0.180. The molecule has 0 aromatic rings. The van der Waals surface area contributed by atoms with E-state index in [-0.39, 0.29) is 13.0 Å². The van der Waals surface area contributed by atoms with Gasteiger partial charge in [-0.05, 0) is 6.54 Å². The molecule has 0 aromatic carbocycles. The Bertz CT molecular complexity index is 231. The van der Waals surface area contributed by atoms with Crippen molar-refractivity contribution in [2.45, 2.75) is 12.7 Å². The van der Waals surface area contributed by atoms with Crippen LogP contribution in [0.2, 0.25) is 0 Å². The molecule has 0 aromatic heterocycles. The van der Waals surface area contributed by atoms with Gasteiger partial charge in [-0.1, -0.05) is 0 Å². The van der Waals surface area contributed by atoms with Crippen LogP contribution in [0.3, 0.4) is 0 Å². The van der Waals surface area contributed by atoms with Crippen molar-refractivity contribution in [2.24, 2.45) is 5.73 Å². The summed E-state index contributed by atoms with van der Waals surface area (Å²) < 4.78 is 28.5. The van der Waals surface area contributed by atoms with Crippen molar-refractivity contribution < 1.29 is 37.8 Å². The van der Waals surface area contributed by atoms with Gasteiger partial charge in [0.1, 0.15) is 0 Å². The van der Waals surface area contributed by atoms with Crippen LogP contribution in [0.5, 0.6) is 0 Å². The number of nitrogens with two attached hydrogens (primary N) is 1. The molecule has 14 heavy (non-hydrogen) atoms. The van der Waals surface area contributed by atoms with Gasteiger partial charge in [0.2, 0.25) is 0 Å². The van der Waals surface area contributed by atoms with E-state index in [1.165, 1.54) is 0 Å². The lowest BCUT2D eigenvalue weighted by Gasteiger charge is -2.17. The average Bonchev–Trinajstić information content (AvgIpc) is 1.78. The molecule has 0 atom stereocenters. The fourth-order valence-corrected chi connectivity index (χ4v) is 1.54. The fourth-order valence-electron chi connectivity index (χ4n) is 0.567.